The lowest BCUT2D eigenvalue weighted by Crippen LogP contribution is -2.44. The number of rotatable bonds is 5. The molecule has 6 nitrogen and oxygen atoms in total. The maximum absolute atomic E-state index is 13.1. The van der Waals surface area contributed by atoms with E-state index in [1.807, 2.05) is 30.0 Å². The second kappa shape index (κ2) is 6.74. The Bertz CT molecular complexity index is 827. The molecular formula is C20H26N4O2. The molecule has 138 valence electrons. The summed E-state index contributed by atoms with van der Waals surface area (Å²) in [5, 5.41) is 6.71. The minimum Gasteiger partial charge on any atom is -0.342 e. The predicted octanol–water partition coefficient (Wildman–Crippen LogP) is 2.10. The Hall–Kier alpha value is -2.37. The fraction of sp³-hybridized carbons (Fsp3) is 0.550. The van der Waals surface area contributed by atoms with Crippen LogP contribution in [-0.4, -0.2) is 38.7 Å². The van der Waals surface area contributed by atoms with Crippen molar-refractivity contribution in [2.24, 2.45) is 5.92 Å². The van der Waals surface area contributed by atoms with Crippen LogP contribution in [0.3, 0.4) is 0 Å². The smallest absolute Gasteiger partial charge is 0.342 e. The summed E-state index contributed by atoms with van der Waals surface area (Å²) in [6, 6.07) is 10.2. The molecule has 2 aromatic rings. The molecule has 0 spiro atoms. The van der Waals surface area contributed by atoms with Crippen molar-refractivity contribution in [1.29, 1.82) is 0 Å². The Labute approximate surface area is 153 Å². The van der Waals surface area contributed by atoms with Gasteiger partial charge in [-0.2, -0.15) is 5.10 Å². The van der Waals surface area contributed by atoms with Crippen LogP contribution in [0.25, 0.3) is 0 Å². The van der Waals surface area contributed by atoms with E-state index in [-0.39, 0.29) is 11.1 Å². The Kier molecular flexibility index (Phi) is 4.42. The molecule has 0 bridgehead atoms. The van der Waals surface area contributed by atoms with Gasteiger partial charge in [0.05, 0.1) is 5.41 Å². The summed E-state index contributed by atoms with van der Waals surface area (Å²) in [4.78, 5) is 26.9. The highest BCUT2D eigenvalue weighted by Crippen LogP contribution is 2.49. The molecule has 1 aliphatic heterocycles. The monoisotopic (exact) mass is 354 g/mol. The van der Waals surface area contributed by atoms with Gasteiger partial charge in [0.25, 0.3) is 0 Å². The number of aromatic amines is 1. The average molecular weight is 354 g/mol. The summed E-state index contributed by atoms with van der Waals surface area (Å²) in [6.45, 7) is 4.21. The molecule has 2 heterocycles. The van der Waals surface area contributed by atoms with Crippen LogP contribution in [0.5, 0.6) is 0 Å². The summed E-state index contributed by atoms with van der Waals surface area (Å²) >= 11 is 0. The zero-order valence-corrected chi connectivity index (χ0v) is 15.3. The first-order chi connectivity index (χ1) is 12.6. The molecule has 1 saturated carbocycles. The lowest BCUT2D eigenvalue weighted by Gasteiger charge is -2.34. The zero-order chi connectivity index (χ0) is 18.1. The maximum Gasteiger partial charge on any atom is 0.343 e. The van der Waals surface area contributed by atoms with Gasteiger partial charge in [-0.1, -0.05) is 30.3 Å². The Morgan fingerprint density at radius 3 is 2.54 bits per heavy atom. The van der Waals surface area contributed by atoms with Crippen molar-refractivity contribution in [3.05, 3.63) is 52.2 Å². The molecule has 1 N–H and O–H groups in total. The van der Waals surface area contributed by atoms with Crippen LogP contribution in [-0.2, 0) is 23.2 Å². The molecule has 2 aliphatic rings. The second-order valence-corrected chi connectivity index (χ2v) is 7.58. The number of nitrogens with zero attached hydrogens (tertiary/aromatic N) is 3. The quantitative estimate of drug-likeness (QED) is 0.894. The van der Waals surface area contributed by atoms with Gasteiger partial charge in [0.2, 0.25) is 5.91 Å². The first kappa shape index (κ1) is 17.1. The number of carbonyl (C=O) groups excluding carboxylic acids is 1. The molecule has 0 atom stereocenters. The van der Waals surface area contributed by atoms with Crippen LogP contribution in [0.2, 0.25) is 0 Å². The number of piperidine rings is 1. The van der Waals surface area contributed by atoms with Crippen molar-refractivity contribution in [2.45, 2.75) is 51.0 Å². The van der Waals surface area contributed by atoms with Gasteiger partial charge in [0.1, 0.15) is 5.82 Å². The van der Waals surface area contributed by atoms with E-state index in [1.54, 1.807) is 4.57 Å². The Morgan fingerprint density at radius 1 is 1.23 bits per heavy atom. The van der Waals surface area contributed by atoms with Gasteiger partial charge in [-0.05, 0) is 44.1 Å². The molecule has 1 saturated heterocycles. The molecule has 4 rings (SSSR count). The van der Waals surface area contributed by atoms with Crippen LogP contribution in [0.15, 0.2) is 35.1 Å². The summed E-state index contributed by atoms with van der Waals surface area (Å²) in [5.41, 5.74) is 0.767. The predicted molar refractivity (Wildman–Crippen MR) is 98.9 cm³/mol. The molecule has 2 fully saturated rings. The molecule has 1 aromatic heterocycles. The lowest BCUT2D eigenvalue weighted by atomic mass is 9.90. The molecule has 1 aliphatic carbocycles. The van der Waals surface area contributed by atoms with Gasteiger partial charge in [0, 0.05) is 26.1 Å². The number of aromatic nitrogens is 3. The van der Waals surface area contributed by atoms with E-state index in [9.17, 15) is 9.59 Å². The topological polar surface area (TPSA) is 71.0 Å². The third-order valence-electron chi connectivity index (χ3n) is 6.01. The highest BCUT2D eigenvalue weighted by atomic mass is 16.2. The van der Waals surface area contributed by atoms with Crippen molar-refractivity contribution in [3.63, 3.8) is 0 Å². The largest absolute Gasteiger partial charge is 0.343 e. The molecule has 6 heteroatoms. The lowest BCUT2D eigenvalue weighted by molar-refractivity contribution is -0.135. The molecule has 1 amide bonds. The van der Waals surface area contributed by atoms with Crippen LogP contribution in [0.4, 0.5) is 0 Å². The summed E-state index contributed by atoms with van der Waals surface area (Å²) in [6.07, 6.45) is 4.68. The number of hydrogen-bond donors (Lipinski definition) is 1. The number of hydrogen-bond acceptors (Lipinski definition) is 3. The zero-order valence-electron chi connectivity index (χ0n) is 15.3. The van der Waals surface area contributed by atoms with E-state index in [0.717, 1.165) is 56.6 Å². The van der Waals surface area contributed by atoms with Gasteiger partial charge in [-0.25, -0.2) is 9.89 Å². The number of likely N-dealkylation sites (tertiary alicyclic amines) is 1. The highest BCUT2D eigenvalue weighted by Gasteiger charge is 2.53. The number of H-pyrrole nitrogens is 1. The highest BCUT2D eigenvalue weighted by molar-refractivity contribution is 5.91. The normalized spacial score (nSPS) is 19.5. The number of benzene rings is 1. The standard InChI is InChI=1S/C20H26N4O2/c1-2-24-17(21-22-19(24)26)14-15-8-12-23(13-9-15)18(25)20(10-11-20)16-6-4-3-5-7-16/h3-7,15H,2,8-14H2,1H3,(H,22,26). The average Bonchev–Trinajstić information content (AvgIpc) is 3.42. The minimum absolute atomic E-state index is 0.131. The Morgan fingerprint density at radius 2 is 1.92 bits per heavy atom. The summed E-state index contributed by atoms with van der Waals surface area (Å²) < 4.78 is 1.70. The maximum atomic E-state index is 13.1. The molecule has 26 heavy (non-hydrogen) atoms. The summed E-state index contributed by atoms with van der Waals surface area (Å²) in [5.74, 6) is 1.61. The van der Waals surface area contributed by atoms with Gasteiger partial charge in [0.15, 0.2) is 0 Å². The van der Waals surface area contributed by atoms with Crippen molar-refractivity contribution < 1.29 is 4.79 Å². The third-order valence-corrected chi connectivity index (χ3v) is 6.01. The van der Waals surface area contributed by atoms with E-state index in [0.29, 0.717) is 18.4 Å². The second-order valence-electron chi connectivity index (χ2n) is 7.58. The van der Waals surface area contributed by atoms with E-state index >= 15 is 0 Å². The SMILES string of the molecule is CCn1c(CC2CCN(C(=O)C3(c4ccccc4)CC3)CC2)n[nH]c1=O. The molecule has 1 aromatic carbocycles. The van der Waals surface area contributed by atoms with Gasteiger partial charge < -0.3 is 4.90 Å². The number of carbonyl (C=O) groups is 1. The number of nitrogens with one attached hydrogen (secondary N) is 1. The van der Waals surface area contributed by atoms with Crippen molar-refractivity contribution in [3.8, 4) is 0 Å². The van der Waals surface area contributed by atoms with Gasteiger partial charge in [-0.3, -0.25) is 9.36 Å². The van der Waals surface area contributed by atoms with Crippen LogP contribution in [0.1, 0.15) is 44.0 Å². The van der Waals surface area contributed by atoms with Crippen molar-refractivity contribution in [2.75, 3.05) is 13.1 Å². The van der Waals surface area contributed by atoms with E-state index in [2.05, 4.69) is 22.3 Å². The van der Waals surface area contributed by atoms with Gasteiger partial charge in [-0.15, -0.1) is 0 Å². The molecule has 0 unspecified atom stereocenters. The minimum atomic E-state index is -0.265. The van der Waals surface area contributed by atoms with Crippen molar-refractivity contribution >= 4 is 5.91 Å². The molecular weight excluding hydrogens is 328 g/mol. The van der Waals surface area contributed by atoms with Crippen LogP contribution in [0, 0.1) is 5.92 Å². The van der Waals surface area contributed by atoms with E-state index in [4.69, 9.17) is 0 Å². The van der Waals surface area contributed by atoms with Crippen molar-refractivity contribution in [1.82, 2.24) is 19.7 Å². The Balaban J connectivity index is 1.38. The van der Waals surface area contributed by atoms with E-state index < -0.39 is 0 Å². The van der Waals surface area contributed by atoms with Gasteiger partial charge >= 0.3 is 5.69 Å². The summed E-state index contributed by atoms with van der Waals surface area (Å²) in [7, 11) is 0. The molecule has 0 radical (unpaired) electrons. The third kappa shape index (κ3) is 2.97. The van der Waals surface area contributed by atoms with Crippen LogP contribution < -0.4 is 5.69 Å². The first-order valence-corrected chi connectivity index (χ1v) is 9.63. The van der Waals surface area contributed by atoms with Crippen LogP contribution >= 0.6 is 0 Å². The van der Waals surface area contributed by atoms with E-state index in [1.165, 1.54) is 0 Å². The fourth-order valence-electron chi connectivity index (χ4n) is 4.24. The number of amides is 1. The fourth-order valence-corrected chi connectivity index (χ4v) is 4.24. The first-order valence-electron chi connectivity index (χ1n) is 9.63.